The first-order chi connectivity index (χ1) is 15.7. The normalized spacial score (nSPS) is 15.8. The van der Waals surface area contributed by atoms with Gasteiger partial charge in [-0.15, -0.1) is 0 Å². The number of anilines is 2. The molecule has 1 aliphatic heterocycles. The molecule has 1 atom stereocenters. The molecule has 3 aromatic rings. The lowest BCUT2D eigenvalue weighted by Gasteiger charge is -2.17. The Labute approximate surface area is 187 Å². The van der Waals surface area contributed by atoms with Gasteiger partial charge in [0.2, 0.25) is 5.91 Å². The second-order valence-corrected chi connectivity index (χ2v) is 7.26. The number of para-hydroxylation sites is 1. The van der Waals surface area contributed by atoms with Crippen molar-refractivity contribution in [2.45, 2.75) is 25.2 Å². The van der Waals surface area contributed by atoms with Crippen LogP contribution in [-0.2, 0) is 16.1 Å². The largest absolute Gasteiger partial charge is 0.490 e. The molecule has 1 amide bonds. The first-order valence-corrected chi connectivity index (χ1v) is 10.0. The fourth-order valence-corrected chi connectivity index (χ4v) is 3.34. The monoisotopic (exact) mass is 461 g/mol. The summed E-state index contributed by atoms with van der Waals surface area (Å²) >= 11 is 0. The summed E-state index contributed by atoms with van der Waals surface area (Å²) in [4.78, 5) is 31.9. The van der Waals surface area contributed by atoms with Crippen LogP contribution in [0.15, 0.2) is 54.9 Å². The molecule has 0 spiro atoms. The second kappa shape index (κ2) is 10.3. The van der Waals surface area contributed by atoms with E-state index in [0.29, 0.717) is 6.54 Å². The molecule has 4 rings (SSSR count). The summed E-state index contributed by atoms with van der Waals surface area (Å²) in [6.45, 7) is 1.38. The van der Waals surface area contributed by atoms with E-state index in [-0.39, 0.29) is 11.9 Å². The minimum atomic E-state index is -5.08. The highest BCUT2D eigenvalue weighted by Gasteiger charge is 2.38. The van der Waals surface area contributed by atoms with Crippen molar-refractivity contribution in [3.8, 4) is 0 Å². The predicted octanol–water partition coefficient (Wildman–Crippen LogP) is 3.33. The summed E-state index contributed by atoms with van der Waals surface area (Å²) < 4.78 is 31.7. The van der Waals surface area contributed by atoms with Gasteiger partial charge in [-0.1, -0.05) is 24.3 Å². The number of hydrogen-bond donors (Lipinski definition) is 3. The van der Waals surface area contributed by atoms with Crippen molar-refractivity contribution in [3.63, 3.8) is 0 Å². The number of likely N-dealkylation sites (tertiary alicyclic amines) is 1. The molecule has 1 aromatic heterocycles. The third-order valence-corrected chi connectivity index (χ3v) is 5.00. The van der Waals surface area contributed by atoms with Crippen molar-refractivity contribution >= 4 is 34.3 Å². The fraction of sp³-hybridized carbons (Fsp3) is 0.273. The van der Waals surface area contributed by atoms with E-state index in [4.69, 9.17) is 9.90 Å². The van der Waals surface area contributed by atoms with Crippen molar-refractivity contribution in [3.05, 3.63) is 60.4 Å². The summed E-state index contributed by atoms with van der Waals surface area (Å²) in [5, 5.41) is 14.5. The number of hydrogen-bond acceptors (Lipinski definition) is 6. The maximum atomic E-state index is 12.3. The summed E-state index contributed by atoms with van der Waals surface area (Å²) in [6.07, 6.45) is -2.67. The second-order valence-electron chi connectivity index (χ2n) is 7.26. The van der Waals surface area contributed by atoms with Crippen LogP contribution < -0.4 is 10.6 Å². The number of fused-ring (bicyclic) bond motifs is 1. The number of benzene rings is 2. The van der Waals surface area contributed by atoms with E-state index in [0.717, 1.165) is 40.9 Å². The lowest BCUT2D eigenvalue weighted by molar-refractivity contribution is -0.192. The van der Waals surface area contributed by atoms with Crippen molar-refractivity contribution in [2.75, 3.05) is 18.9 Å². The molecule has 1 fully saturated rings. The zero-order valence-corrected chi connectivity index (χ0v) is 17.6. The Kier molecular flexibility index (Phi) is 7.44. The molecule has 2 aromatic carbocycles. The van der Waals surface area contributed by atoms with Crippen LogP contribution in [0.4, 0.5) is 24.7 Å². The van der Waals surface area contributed by atoms with E-state index in [9.17, 15) is 18.0 Å². The minimum absolute atomic E-state index is 0.0610. The Hall–Kier alpha value is -3.73. The van der Waals surface area contributed by atoms with Gasteiger partial charge in [-0.25, -0.2) is 14.8 Å². The van der Waals surface area contributed by atoms with Crippen molar-refractivity contribution in [1.82, 2.24) is 20.2 Å². The van der Waals surface area contributed by atoms with Crippen molar-refractivity contribution < 1.29 is 27.9 Å². The zero-order chi connectivity index (χ0) is 24.0. The maximum absolute atomic E-state index is 12.3. The molecule has 2 heterocycles. The van der Waals surface area contributed by atoms with Gasteiger partial charge < -0.3 is 20.6 Å². The van der Waals surface area contributed by atoms with Gasteiger partial charge in [0, 0.05) is 24.2 Å². The van der Waals surface area contributed by atoms with Gasteiger partial charge in [0.05, 0.1) is 11.6 Å². The Bertz CT molecular complexity index is 1130. The molecule has 1 saturated heterocycles. The molecule has 1 aliphatic rings. The average molecular weight is 461 g/mol. The van der Waals surface area contributed by atoms with E-state index in [1.54, 1.807) is 6.33 Å². The number of carbonyl (C=O) groups excluding carboxylic acids is 1. The molecule has 0 unspecified atom stereocenters. The van der Waals surface area contributed by atoms with Crippen LogP contribution >= 0.6 is 0 Å². The number of aliphatic carboxylic acids is 1. The molecule has 0 radical (unpaired) electrons. The van der Waals surface area contributed by atoms with Crippen LogP contribution in [-0.4, -0.2) is 57.7 Å². The lowest BCUT2D eigenvalue weighted by Crippen LogP contribution is -2.35. The number of carbonyl (C=O) groups is 2. The molecule has 3 N–H and O–H groups in total. The van der Waals surface area contributed by atoms with Crippen LogP contribution in [0.25, 0.3) is 10.9 Å². The van der Waals surface area contributed by atoms with Crippen LogP contribution in [0.5, 0.6) is 0 Å². The lowest BCUT2D eigenvalue weighted by atomic mass is 10.1. The number of carboxylic acid groups (broad SMARTS) is 1. The molecule has 11 heteroatoms. The van der Waals surface area contributed by atoms with E-state index in [1.807, 2.05) is 54.4 Å². The van der Waals surface area contributed by atoms with Crippen molar-refractivity contribution in [1.29, 1.82) is 0 Å². The first kappa shape index (κ1) is 23.9. The van der Waals surface area contributed by atoms with Crippen LogP contribution in [0.2, 0.25) is 0 Å². The topological polar surface area (TPSA) is 107 Å². The highest BCUT2D eigenvalue weighted by molar-refractivity contribution is 5.91. The number of amides is 1. The third-order valence-electron chi connectivity index (χ3n) is 5.00. The number of likely N-dealkylation sites (N-methyl/N-ethyl adjacent to an activating group) is 1. The Morgan fingerprint density at radius 3 is 2.48 bits per heavy atom. The average Bonchev–Trinajstić information content (AvgIpc) is 3.14. The van der Waals surface area contributed by atoms with E-state index >= 15 is 0 Å². The van der Waals surface area contributed by atoms with Crippen LogP contribution in [0.1, 0.15) is 12.0 Å². The molecular formula is C22H22F3N5O3. The first-order valence-electron chi connectivity index (χ1n) is 10.0. The van der Waals surface area contributed by atoms with Gasteiger partial charge >= 0.3 is 12.1 Å². The highest BCUT2D eigenvalue weighted by Crippen LogP contribution is 2.25. The van der Waals surface area contributed by atoms with E-state index in [1.165, 1.54) is 0 Å². The third kappa shape index (κ3) is 6.16. The Balaban J connectivity index is 0.000000383. The van der Waals surface area contributed by atoms with E-state index in [2.05, 4.69) is 26.7 Å². The molecule has 0 aliphatic carbocycles. The van der Waals surface area contributed by atoms with Crippen molar-refractivity contribution in [2.24, 2.45) is 0 Å². The van der Waals surface area contributed by atoms with Gasteiger partial charge in [0.1, 0.15) is 12.1 Å². The quantitative estimate of drug-likeness (QED) is 0.535. The van der Waals surface area contributed by atoms with Gasteiger partial charge in [-0.2, -0.15) is 13.2 Å². The zero-order valence-electron chi connectivity index (χ0n) is 17.6. The summed E-state index contributed by atoms with van der Waals surface area (Å²) in [5.74, 6) is -1.82. The smallest absolute Gasteiger partial charge is 0.475 e. The summed E-state index contributed by atoms with van der Waals surface area (Å²) in [5.41, 5.74) is 2.93. The molecular weight excluding hydrogens is 439 g/mol. The van der Waals surface area contributed by atoms with Crippen LogP contribution in [0, 0.1) is 0 Å². The number of halogens is 3. The van der Waals surface area contributed by atoms with Crippen LogP contribution in [0.3, 0.4) is 0 Å². The number of rotatable bonds is 5. The molecule has 0 saturated carbocycles. The standard InChI is InChI=1S/C20H21N5O.C2HF3O2/c1-21-18-9-10-25(20(18)26)12-14-7-8-17-16(11-14)19(23-13-22-17)24-15-5-3-2-4-6-15;3-2(4,5)1(6)7/h2-8,11,13,18,21H,9-10,12H2,1H3,(H,22,23,24);(H,6,7)/t18-;/m0./s1. The number of nitrogens with zero attached hydrogens (tertiary/aromatic N) is 3. The molecule has 33 heavy (non-hydrogen) atoms. The fourth-order valence-electron chi connectivity index (χ4n) is 3.34. The predicted molar refractivity (Wildman–Crippen MR) is 116 cm³/mol. The van der Waals surface area contributed by atoms with Gasteiger partial charge in [0.15, 0.2) is 0 Å². The maximum Gasteiger partial charge on any atom is 0.490 e. The van der Waals surface area contributed by atoms with Gasteiger partial charge in [-0.05, 0) is 43.3 Å². The Morgan fingerprint density at radius 1 is 1.18 bits per heavy atom. The summed E-state index contributed by atoms with van der Waals surface area (Å²) in [6, 6.07) is 16.0. The highest BCUT2D eigenvalue weighted by atomic mass is 19.4. The number of alkyl halides is 3. The Morgan fingerprint density at radius 2 is 1.88 bits per heavy atom. The number of nitrogens with one attached hydrogen (secondary N) is 2. The molecule has 174 valence electrons. The van der Waals surface area contributed by atoms with Gasteiger partial charge in [-0.3, -0.25) is 4.79 Å². The van der Waals surface area contributed by atoms with E-state index < -0.39 is 12.1 Å². The number of carboxylic acids is 1. The number of aromatic nitrogens is 2. The summed E-state index contributed by atoms with van der Waals surface area (Å²) in [7, 11) is 1.83. The molecule has 8 nitrogen and oxygen atoms in total. The molecule has 0 bridgehead atoms. The SMILES string of the molecule is CN[C@H]1CCN(Cc2ccc3ncnc(Nc4ccccc4)c3c2)C1=O.O=C(O)C(F)(F)F. The minimum Gasteiger partial charge on any atom is -0.475 e. The van der Waals surface area contributed by atoms with Gasteiger partial charge in [0.25, 0.3) is 0 Å².